The lowest BCUT2D eigenvalue weighted by atomic mass is 10.1. The zero-order valence-corrected chi connectivity index (χ0v) is 13.7. The maximum atomic E-state index is 5.28. The summed E-state index contributed by atoms with van der Waals surface area (Å²) in [5.74, 6) is 1.92. The number of thioether (sulfide) groups is 1. The molecule has 0 aromatic heterocycles. The van der Waals surface area contributed by atoms with Crippen LogP contribution in [0.2, 0.25) is 0 Å². The molecule has 0 fully saturated rings. The lowest BCUT2D eigenvalue weighted by Gasteiger charge is -2.18. The van der Waals surface area contributed by atoms with E-state index in [0.717, 1.165) is 18.0 Å². The highest BCUT2D eigenvalue weighted by molar-refractivity contribution is 7.99. The molecule has 0 bridgehead atoms. The number of rotatable bonds is 7. The van der Waals surface area contributed by atoms with Gasteiger partial charge in [0.15, 0.2) is 0 Å². The zero-order chi connectivity index (χ0) is 15.1. The lowest BCUT2D eigenvalue weighted by molar-refractivity contribution is 0.413. The van der Waals surface area contributed by atoms with Gasteiger partial charge in [-0.15, -0.1) is 11.8 Å². The molecule has 3 heteroatoms. The molecule has 2 aromatic carbocycles. The fraction of sp³-hybridized carbons (Fsp3) is 0.333. The van der Waals surface area contributed by atoms with Crippen LogP contribution in [0.1, 0.15) is 24.1 Å². The largest absolute Gasteiger partial charge is 0.497 e. The van der Waals surface area contributed by atoms with Crippen LogP contribution < -0.4 is 10.1 Å². The number of benzene rings is 2. The fourth-order valence-corrected chi connectivity index (χ4v) is 3.23. The summed E-state index contributed by atoms with van der Waals surface area (Å²) in [5, 5.41) is 3.57. The molecule has 1 N–H and O–H groups in total. The number of methoxy groups -OCH3 is 1. The van der Waals surface area contributed by atoms with E-state index in [9.17, 15) is 0 Å². The van der Waals surface area contributed by atoms with Crippen molar-refractivity contribution in [1.82, 2.24) is 5.32 Å². The highest BCUT2D eigenvalue weighted by Crippen LogP contribution is 2.27. The van der Waals surface area contributed by atoms with E-state index in [1.54, 1.807) is 7.11 Å². The average molecular weight is 301 g/mol. The summed E-state index contributed by atoms with van der Waals surface area (Å²) < 4.78 is 5.28. The molecule has 0 aliphatic heterocycles. The number of hydrogen-bond donors (Lipinski definition) is 1. The Hall–Kier alpha value is -1.45. The first-order valence-electron chi connectivity index (χ1n) is 7.29. The Kier molecular flexibility index (Phi) is 6.15. The Morgan fingerprint density at radius 1 is 1.14 bits per heavy atom. The van der Waals surface area contributed by atoms with Gasteiger partial charge in [0, 0.05) is 16.7 Å². The van der Waals surface area contributed by atoms with Crippen LogP contribution in [-0.2, 0) is 0 Å². The SMILES string of the molecule is CCNC(CSc1cccc(OC)c1)c1ccc(C)cc1. The van der Waals surface area contributed by atoms with Crippen LogP contribution in [0.3, 0.4) is 0 Å². The highest BCUT2D eigenvalue weighted by atomic mass is 32.2. The van der Waals surface area contributed by atoms with E-state index in [1.807, 2.05) is 23.9 Å². The third kappa shape index (κ3) is 4.80. The molecule has 1 unspecified atom stereocenters. The van der Waals surface area contributed by atoms with Crippen molar-refractivity contribution in [3.05, 3.63) is 59.7 Å². The molecule has 0 radical (unpaired) electrons. The van der Waals surface area contributed by atoms with Gasteiger partial charge < -0.3 is 10.1 Å². The smallest absolute Gasteiger partial charge is 0.119 e. The summed E-state index contributed by atoms with van der Waals surface area (Å²) >= 11 is 1.85. The molecular weight excluding hydrogens is 278 g/mol. The second-order valence-electron chi connectivity index (χ2n) is 5.01. The first-order chi connectivity index (χ1) is 10.2. The molecule has 0 heterocycles. The van der Waals surface area contributed by atoms with Crippen LogP contribution in [0.5, 0.6) is 5.75 Å². The van der Waals surface area contributed by atoms with Gasteiger partial charge in [-0.1, -0.05) is 42.8 Å². The van der Waals surface area contributed by atoms with E-state index in [-0.39, 0.29) is 0 Å². The summed E-state index contributed by atoms with van der Waals surface area (Å²) in [5.41, 5.74) is 2.65. The standard InChI is InChI=1S/C18H23NOS/c1-4-19-18(15-10-8-14(2)9-11-15)13-21-17-7-5-6-16(12-17)20-3/h5-12,18-19H,4,13H2,1-3H3. The molecule has 2 rings (SSSR count). The molecule has 0 spiro atoms. The number of hydrogen-bond acceptors (Lipinski definition) is 3. The van der Waals surface area contributed by atoms with Crippen LogP contribution in [-0.4, -0.2) is 19.4 Å². The van der Waals surface area contributed by atoms with E-state index < -0.39 is 0 Å². The third-order valence-electron chi connectivity index (χ3n) is 3.39. The Morgan fingerprint density at radius 3 is 2.57 bits per heavy atom. The molecule has 2 aromatic rings. The van der Waals surface area contributed by atoms with Crippen molar-refractivity contribution in [3.8, 4) is 5.75 Å². The second-order valence-corrected chi connectivity index (χ2v) is 6.10. The van der Waals surface area contributed by atoms with Crippen LogP contribution in [0.15, 0.2) is 53.4 Å². The van der Waals surface area contributed by atoms with Crippen LogP contribution in [0, 0.1) is 6.92 Å². The van der Waals surface area contributed by atoms with Crippen molar-refractivity contribution in [1.29, 1.82) is 0 Å². The second kappa shape index (κ2) is 8.11. The Bertz CT molecular complexity index is 553. The molecule has 0 aliphatic rings. The summed E-state index contributed by atoms with van der Waals surface area (Å²) in [6.45, 7) is 5.24. The van der Waals surface area contributed by atoms with Gasteiger partial charge in [0.2, 0.25) is 0 Å². The van der Waals surface area contributed by atoms with Gasteiger partial charge >= 0.3 is 0 Å². The van der Waals surface area contributed by atoms with Crippen molar-refractivity contribution in [2.75, 3.05) is 19.4 Å². The minimum Gasteiger partial charge on any atom is -0.497 e. The maximum Gasteiger partial charge on any atom is 0.119 e. The first kappa shape index (κ1) is 15.9. The summed E-state index contributed by atoms with van der Waals surface area (Å²) in [4.78, 5) is 1.24. The van der Waals surface area contributed by atoms with Gasteiger partial charge in [0.25, 0.3) is 0 Å². The minimum atomic E-state index is 0.367. The Labute approximate surface area is 131 Å². The van der Waals surface area contributed by atoms with Crippen LogP contribution in [0.25, 0.3) is 0 Å². The van der Waals surface area contributed by atoms with Gasteiger partial charge in [-0.3, -0.25) is 0 Å². The molecule has 112 valence electrons. The van der Waals surface area contributed by atoms with Crippen molar-refractivity contribution in [2.45, 2.75) is 24.8 Å². The third-order valence-corrected chi connectivity index (χ3v) is 4.48. The molecule has 0 aliphatic carbocycles. The van der Waals surface area contributed by atoms with E-state index in [1.165, 1.54) is 16.0 Å². The van der Waals surface area contributed by atoms with Crippen LogP contribution >= 0.6 is 11.8 Å². The highest BCUT2D eigenvalue weighted by Gasteiger charge is 2.10. The summed E-state index contributed by atoms with van der Waals surface area (Å²) in [7, 11) is 1.71. The van der Waals surface area contributed by atoms with Gasteiger partial charge in [-0.25, -0.2) is 0 Å². The quantitative estimate of drug-likeness (QED) is 0.764. The summed E-state index contributed by atoms with van der Waals surface area (Å²) in [6, 6.07) is 17.4. The van der Waals surface area contributed by atoms with Crippen molar-refractivity contribution in [2.24, 2.45) is 0 Å². The molecule has 0 amide bonds. The maximum absolute atomic E-state index is 5.28. The number of aryl methyl sites for hydroxylation is 1. The van der Waals surface area contributed by atoms with Crippen molar-refractivity contribution < 1.29 is 4.74 Å². The van der Waals surface area contributed by atoms with Crippen LogP contribution in [0.4, 0.5) is 0 Å². The normalized spacial score (nSPS) is 12.1. The molecule has 2 nitrogen and oxygen atoms in total. The molecule has 21 heavy (non-hydrogen) atoms. The Balaban J connectivity index is 2.04. The predicted octanol–water partition coefficient (Wildman–Crippen LogP) is 4.45. The van der Waals surface area contributed by atoms with Gasteiger partial charge in [-0.05, 0) is 37.2 Å². The topological polar surface area (TPSA) is 21.3 Å². The molecule has 0 saturated carbocycles. The molecule has 1 atom stereocenters. The molecular formula is C18H23NOS. The zero-order valence-electron chi connectivity index (χ0n) is 12.9. The van der Waals surface area contributed by atoms with Gasteiger partial charge in [0.1, 0.15) is 5.75 Å². The van der Waals surface area contributed by atoms with Gasteiger partial charge in [0.05, 0.1) is 7.11 Å². The first-order valence-corrected chi connectivity index (χ1v) is 8.28. The Morgan fingerprint density at radius 2 is 1.90 bits per heavy atom. The van der Waals surface area contributed by atoms with Crippen molar-refractivity contribution in [3.63, 3.8) is 0 Å². The van der Waals surface area contributed by atoms with E-state index in [2.05, 4.69) is 55.6 Å². The summed E-state index contributed by atoms with van der Waals surface area (Å²) in [6.07, 6.45) is 0. The number of ether oxygens (including phenoxy) is 1. The molecule has 0 saturated heterocycles. The monoisotopic (exact) mass is 301 g/mol. The van der Waals surface area contributed by atoms with Crippen molar-refractivity contribution >= 4 is 11.8 Å². The number of nitrogens with one attached hydrogen (secondary N) is 1. The average Bonchev–Trinajstić information content (AvgIpc) is 2.52. The van der Waals surface area contributed by atoms with E-state index >= 15 is 0 Å². The predicted molar refractivity (Wildman–Crippen MR) is 91.3 cm³/mol. The van der Waals surface area contributed by atoms with E-state index in [4.69, 9.17) is 4.74 Å². The van der Waals surface area contributed by atoms with E-state index in [0.29, 0.717) is 6.04 Å². The van der Waals surface area contributed by atoms with Gasteiger partial charge in [-0.2, -0.15) is 0 Å². The lowest BCUT2D eigenvalue weighted by Crippen LogP contribution is -2.22. The minimum absolute atomic E-state index is 0.367. The fourth-order valence-electron chi connectivity index (χ4n) is 2.19.